The minimum absolute atomic E-state index is 0.0404. The zero-order chi connectivity index (χ0) is 26.3. The van der Waals surface area contributed by atoms with E-state index < -0.39 is 5.97 Å². The summed E-state index contributed by atoms with van der Waals surface area (Å²) >= 11 is 0. The second-order valence-corrected chi connectivity index (χ2v) is 8.57. The van der Waals surface area contributed by atoms with Gasteiger partial charge in [-0.25, -0.2) is 0 Å². The molecule has 0 bridgehead atoms. The van der Waals surface area contributed by atoms with Crippen LogP contribution in [-0.4, -0.2) is 55.6 Å². The number of unbranched alkanes of at least 4 members (excludes halogenated alkanes) is 2. The van der Waals surface area contributed by atoms with Gasteiger partial charge < -0.3 is 24.8 Å². The minimum Gasteiger partial charge on any atom is -0.497 e. The molecule has 0 aliphatic heterocycles. The van der Waals surface area contributed by atoms with Gasteiger partial charge in [0.2, 0.25) is 11.8 Å². The number of aryl methyl sites for hydroxylation is 1. The van der Waals surface area contributed by atoms with Gasteiger partial charge >= 0.3 is 5.97 Å². The van der Waals surface area contributed by atoms with Crippen molar-refractivity contribution in [3.63, 3.8) is 0 Å². The Hall–Kier alpha value is -3.81. The number of rotatable bonds is 15. The SMILES string of the molecule is COc1ccc(C=CCCCCOc2ccc(NC(=O)CCC(=O)N(C)C)cc2CCC(=O)O)cc1. The molecule has 0 radical (unpaired) electrons. The molecule has 194 valence electrons. The molecule has 2 aromatic rings. The van der Waals surface area contributed by atoms with Crippen molar-refractivity contribution in [2.24, 2.45) is 0 Å². The Bertz CT molecular complexity index is 1030. The highest BCUT2D eigenvalue weighted by atomic mass is 16.5. The first-order chi connectivity index (χ1) is 17.3. The molecule has 0 unspecified atom stereocenters. The van der Waals surface area contributed by atoms with Crippen LogP contribution in [0.15, 0.2) is 48.5 Å². The molecular formula is C28H36N2O6. The van der Waals surface area contributed by atoms with Gasteiger partial charge in [0.15, 0.2) is 0 Å². The molecule has 2 rings (SSSR count). The molecule has 0 heterocycles. The second-order valence-electron chi connectivity index (χ2n) is 8.57. The molecule has 8 heteroatoms. The quantitative estimate of drug-likeness (QED) is 0.344. The van der Waals surface area contributed by atoms with Gasteiger partial charge in [0.25, 0.3) is 0 Å². The first kappa shape index (κ1) is 28.4. The number of hydrogen-bond donors (Lipinski definition) is 2. The predicted molar refractivity (Wildman–Crippen MR) is 140 cm³/mol. The maximum Gasteiger partial charge on any atom is 0.303 e. The summed E-state index contributed by atoms with van der Waals surface area (Å²) in [5.41, 5.74) is 2.39. The van der Waals surface area contributed by atoms with Crippen LogP contribution in [0.2, 0.25) is 0 Å². The van der Waals surface area contributed by atoms with Gasteiger partial charge in [-0.3, -0.25) is 14.4 Å². The van der Waals surface area contributed by atoms with Crippen LogP contribution in [0.3, 0.4) is 0 Å². The van der Waals surface area contributed by atoms with Crippen LogP contribution in [-0.2, 0) is 20.8 Å². The number of amides is 2. The number of carboxylic acid groups (broad SMARTS) is 1. The number of aliphatic carboxylic acids is 1. The molecule has 0 aromatic heterocycles. The third-order valence-electron chi connectivity index (χ3n) is 5.47. The van der Waals surface area contributed by atoms with E-state index in [9.17, 15) is 14.4 Å². The standard InChI is InChI=1S/C28H36N2O6/c1-30(2)27(32)17-16-26(31)29-23-12-15-25(22(20-23)11-18-28(33)34)36-19-7-5-4-6-8-21-9-13-24(35-3)14-10-21/h6,8-10,12-15,20H,4-5,7,11,16-19H2,1-3H3,(H,29,31)(H,33,34). The molecule has 2 aromatic carbocycles. The van der Waals surface area contributed by atoms with E-state index in [2.05, 4.69) is 17.5 Å². The van der Waals surface area contributed by atoms with E-state index in [4.69, 9.17) is 14.6 Å². The van der Waals surface area contributed by atoms with E-state index in [0.29, 0.717) is 18.0 Å². The number of allylic oxidation sites excluding steroid dienone is 1. The number of benzene rings is 2. The summed E-state index contributed by atoms with van der Waals surface area (Å²) in [4.78, 5) is 36.4. The first-order valence-corrected chi connectivity index (χ1v) is 12.1. The van der Waals surface area contributed by atoms with Gasteiger partial charge in [0.05, 0.1) is 13.7 Å². The third kappa shape index (κ3) is 10.6. The number of nitrogens with one attached hydrogen (secondary N) is 1. The maximum absolute atomic E-state index is 12.2. The Labute approximate surface area is 212 Å². The Morgan fingerprint density at radius 2 is 1.75 bits per heavy atom. The molecule has 2 amide bonds. The summed E-state index contributed by atoms with van der Waals surface area (Å²) in [6, 6.07) is 13.1. The zero-order valence-corrected chi connectivity index (χ0v) is 21.3. The maximum atomic E-state index is 12.2. The number of ether oxygens (including phenoxy) is 2. The molecule has 36 heavy (non-hydrogen) atoms. The van der Waals surface area contributed by atoms with Crippen molar-refractivity contribution in [3.05, 3.63) is 59.7 Å². The van der Waals surface area contributed by atoms with Crippen molar-refractivity contribution >= 4 is 29.5 Å². The molecule has 0 aliphatic rings. The summed E-state index contributed by atoms with van der Waals surface area (Å²) < 4.78 is 11.1. The third-order valence-corrected chi connectivity index (χ3v) is 5.47. The molecule has 8 nitrogen and oxygen atoms in total. The normalized spacial score (nSPS) is 10.8. The highest BCUT2D eigenvalue weighted by Crippen LogP contribution is 2.25. The zero-order valence-electron chi connectivity index (χ0n) is 21.3. The van der Waals surface area contributed by atoms with Gasteiger partial charge in [-0.15, -0.1) is 0 Å². The fraction of sp³-hybridized carbons (Fsp3) is 0.393. The first-order valence-electron chi connectivity index (χ1n) is 12.1. The molecule has 0 saturated carbocycles. The van der Waals surface area contributed by atoms with Crippen LogP contribution in [0.4, 0.5) is 5.69 Å². The van der Waals surface area contributed by atoms with E-state index in [1.807, 2.05) is 24.3 Å². The summed E-state index contributed by atoms with van der Waals surface area (Å²) in [6.07, 6.45) is 7.38. The number of carbonyl (C=O) groups is 3. The lowest BCUT2D eigenvalue weighted by Crippen LogP contribution is -2.23. The molecule has 0 spiro atoms. The largest absolute Gasteiger partial charge is 0.497 e. The van der Waals surface area contributed by atoms with Crippen molar-refractivity contribution < 1.29 is 29.0 Å². The average Bonchev–Trinajstić information content (AvgIpc) is 2.86. The van der Waals surface area contributed by atoms with E-state index in [1.165, 1.54) is 4.90 Å². The fourth-order valence-electron chi connectivity index (χ4n) is 3.38. The highest BCUT2D eigenvalue weighted by Gasteiger charge is 2.12. The van der Waals surface area contributed by atoms with Crippen molar-refractivity contribution in [1.29, 1.82) is 0 Å². The van der Waals surface area contributed by atoms with Gasteiger partial charge in [-0.05, 0) is 67.1 Å². The highest BCUT2D eigenvalue weighted by molar-refractivity contribution is 5.93. The lowest BCUT2D eigenvalue weighted by Gasteiger charge is -2.14. The predicted octanol–water partition coefficient (Wildman–Crippen LogP) is 4.78. The van der Waals surface area contributed by atoms with Crippen LogP contribution in [0.25, 0.3) is 6.08 Å². The Morgan fingerprint density at radius 3 is 2.42 bits per heavy atom. The number of nitrogens with zero attached hydrogens (tertiary/aromatic N) is 1. The van der Waals surface area contributed by atoms with E-state index in [-0.39, 0.29) is 37.5 Å². The number of hydrogen-bond acceptors (Lipinski definition) is 5. The molecule has 2 N–H and O–H groups in total. The van der Waals surface area contributed by atoms with Crippen molar-refractivity contribution in [1.82, 2.24) is 4.90 Å². The Kier molecular flexibility index (Phi) is 12.0. The van der Waals surface area contributed by atoms with Crippen LogP contribution in [0, 0.1) is 0 Å². The van der Waals surface area contributed by atoms with Crippen LogP contribution >= 0.6 is 0 Å². The molecule has 0 atom stereocenters. The van der Waals surface area contributed by atoms with Gasteiger partial charge in [0.1, 0.15) is 11.5 Å². The summed E-state index contributed by atoms with van der Waals surface area (Å²) in [5.74, 6) is 0.156. The molecule has 0 fully saturated rings. The molecular weight excluding hydrogens is 460 g/mol. The Balaban J connectivity index is 1.84. The van der Waals surface area contributed by atoms with Crippen molar-refractivity contribution in [2.75, 3.05) is 33.1 Å². The summed E-state index contributed by atoms with van der Waals surface area (Å²) in [6.45, 7) is 0.509. The van der Waals surface area contributed by atoms with Crippen LogP contribution in [0.5, 0.6) is 11.5 Å². The Morgan fingerprint density at radius 1 is 1.00 bits per heavy atom. The topological polar surface area (TPSA) is 105 Å². The van der Waals surface area contributed by atoms with E-state index in [1.54, 1.807) is 39.4 Å². The molecule has 0 aliphatic carbocycles. The lowest BCUT2D eigenvalue weighted by atomic mass is 10.1. The number of carboxylic acids is 1. The summed E-state index contributed by atoms with van der Waals surface area (Å²) in [7, 11) is 4.94. The number of methoxy groups -OCH3 is 1. The smallest absolute Gasteiger partial charge is 0.303 e. The number of carbonyl (C=O) groups excluding carboxylic acids is 2. The van der Waals surface area contributed by atoms with E-state index >= 15 is 0 Å². The van der Waals surface area contributed by atoms with E-state index in [0.717, 1.165) is 36.1 Å². The van der Waals surface area contributed by atoms with Gasteiger partial charge in [0, 0.05) is 39.0 Å². The van der Waals surface area contributed by atoms with Crippen LogP contribution in [0.1, 0.15) is 49.7 Å². The van der Waals surface area contributed by atoms with Crippen LogP contribution < -0.4 is 14.8 Å². The van der Waals surface area contributed by atoms with Crippen molar-refractivity contribution in [2.45, 2.75) is 44.9 Å². The fourth-order valence-corrected chi connectivity index (χ4v) is 3.38. The molecule has 0 saturated heterocycles. The van der Waals surface area contributed by atoms with Gasteiger partial charge in [-0.2, -0.15) is 0 Å². The van der Waals surface area contributed by atoms with Crippen molar-refractivity contribution in [3.8, 4) is 11.5 Å². The summed E-state index contributed by atoms with van der Waals surface area (Å²) in [5, 5.41) is 11.9. The van der Waals surface area contributed by atoms with Gasteiger partial charge in [-0.1, -0.05) is 24.3 Å². The lowest BCUT2D eigenvalue weighted by molar-refractivity contribution is -0.137. The number of anilines is 1. The minimum atomic E-state index is -0.902. The average molecular weight is 497 g/mol. The monoisotopic (exact) mass is 496 g/mol. The second kappa shape index (κ2) is 15.2.